The van der Waals surface area contributed by atoms with Gasteiger partial charge in [0, 0.05) is 4.91 Å². The lowest BCUT2D eigenvalue weighted by Gasteiger charge is -2.21. The fourth-order valence-corrected chi connectivity index (χ4v) is 5.48. The van der Waals surface area contributed by atoms with Gasteiger partial charge in [0.2, 0.25) is 0 Å². The number of nitrogens with zero attached hydrogens (tertiary/aromatic N) is 3. The largest absolute Gasteiger partial charge is 0.465 e. The average Bonchev–Trinajstić information content (AvgIpc) is 2.62. The van der Waals surface area contributed by atoms with E-state index < -0.39 is 4.75 Å². The fraction of sp³-hybridized carbons (Fsp3) is 0.895. The van der Waals surface area contributed by atoms with Crippen LogP contribution in [0.25, 0.3) is 10.4 Å². The number of carbonyl (C=O) groups excluding carboxylic acids is 1. The van der Waals surface area contributed by atoms with Gasteiger partial charge in [0.1, 0.15) is 8.28 Å². The van der Waals surface area contributed by atoms with E-state index in [1.54, 1.807) is 25.6 Å². The molecular weight excluding hydrogens is 398 g/mol. The second-order valence-electron chi connectivity index (χ2n) is 6.98. The molecular formula is C19H35N3O2S3. The van der Waals surface area contributed by atoms with Gasteiger partial charge >= 0.3 is 5.97 Å². The first-order valence-electron chi connectivity index (χ1n) is 9.98. The zero-order valence-electron chi connectivity index (χ0n) is 17.1. The van der Waals surface area contributed by atoms with Crippen LogP contribution in [0.15, 0.2) is 5.11 Å². The highest BCUT2D eigenvalue weighted by Gasteiger charge is 2.31. The molecule has 0 heterocycles. The van der Waals surface area contributed by atoms with Gasteiger partial charge in [0.05, 0.1) is 13.2 Å². The van der Waals surface area contributed by atoms with Gasteiger partial charge in [-0.3, -0.25) is 4.79 Å². The highest BCUT2D eigenvalue weighted by atomic mass is 32.2. The Hall–Kier alpha value is -0.430. The van der Waals surface area contributed by atoms with Gasteiger partial charge in [-0.25, -0.2) is 0 Å². The molecule has 0 saturated heterocycles. The Bertz CT molecular complexity index is 467. The molecule has 8 heteroatoms. The van der Waals surface area contributed by atoms with Gasteiger partial charge in [0.15, 0.2) is 0 Å². The highest BCUT2D eigenvalue weighted by Crippen LogP contribution is 2.32. The SMILES string of the molecule is CCCCCCCCCCCCSC(=S)SC(C)(C)C(=O)OCCN=[N+]=[N-]. The zero-order valence-corrected chi connectivity index (χ0v) is 19.5. The summed E-state index contributed by atoms with van der Waals surface area (Å²) in [4.78, 5) is 14.7. The lowest BCUT2D eigenvalue weighted by Crippen LogP contribution is -2.31. The molecule has 0 aliphatic carbocycles. The number of rotatable bonds is 16. The molecule has 0 rings (SSSR count). The molecule has 0 unspecified atom stereocenters. The minimum absolute atomic E-state index is 0.103. The summed E-state index contributed by atoms with van der Waals surface area (Å²) < 4.78 is 5.18. The first kappa shape index (κ1) is 26.6. The molecule has 0 radical (unpaired) electrons. The van der Waals surface area contributed by atoms with Gasteiger partial charge in [-0.15, -0.1) is 11.8 Å². The molecule has 0 saturated carbocycles. The maximum Gasteiger partial charge on any atom is 0.322 e. The van der Waals surface area contributed by atoms with Crippen LogP contribution in [0.3, 0.4) is 0 Å². The van der Waals surface area contributed by atoms with E-state index in [4.69, 9.17) is 22.5 Å². The van der Waals surface area contributed by atoms with Crippen molar-refractivity contribution in [3.8, 4) is 0 Å². The van der Waals surface area contributed by atoms with Crippen molar-refractivity contribution in [1.29, 1.82) is 0 Å². The fourth-order valence-electron chi connectivity index (χ4n) is 2.42. The molecule has 0 bridgehead atoms. The monoisotopic (exact) mass is 433 g/mol. The summed E-state index contributed by atoms with van der Waals surface area (Å²) in [5, 5.41) is 3.35. The predicted molar refractivity (Wildman–Crippen MR) is 124 cm³/mol. The highest BCUT2D eigenvalue weighted by molar-refractivity contribution is 8.47. The smallest absolute Gasteiger partial charge is 0.322 e. The van der Waals surface area contributed by atoms with E-state index in [0.29, 0.717) is 0 Å². The maximum atomic E-state index is 12.1. The topological polar surface area (TPSA) is 75.1 Å². The number of hydrogen-bond acceptors (Lipinski definition) is 6. The van der Waals surface area contributed by atoms with Gasteiger partial charge in [-0.05, 0) is 31.6 Å². The maximum absolute atomic E-state index is 12.1. The van der Waals surface area contributed by atoms with Crippen LogP contribution in [0.2, 0.25) is 0 Å². The average molecular weight is 434 g/mol. The van der Waals surface area contributed by atoms with Crippen LogP contribution >= 0.6 is 35.7 Å². The van der Waals surface area contributed by atoms with E-state index in [0.717, 1.165) is 15.7 Å². The number of hydrogen-bond donors (Lipinski definition) is 0. The number of thioether (sulfide) groups is 2. The van der Waals surface area contributed by atoms with E-state index >= 15 is 0 Å². The first-order chi connectivity index (χ1) is 12.9. The van der Waals surface area contributed by atoms with E-state index in [1.807, 2.05) is 0 Å². The third-order valence-electron chi connectivity index (χ3n) is 4.04. The summed E-state index contributed by atoms with van der Waals surface area (Å²) in [7, 11) is 0. The Balaban J connectivity index is 3.68. The quantitative estimate of drug-likeness (QED) is 0.0637. The number of azide groups is 1. The van der Waals surface area contributed by atoms with Gasteiger partial charge in [0.25, 0.3) is 0 Å². The van der Waals surface area contributed by atoms with Crippen LogP contribution in [-0.2, 0) is 9.53 Å². The lowest BCUT2D eigenvalue weighted by atomic mass is 10.1. The standard InChI is InChI=1S/C19H35N3O2S3/c1-4-5-6-7-8-9-10-11-12-13-16-26-18(25)27-19(2,3)17(23)24-15-14-21-22-20/h4-16H2,1-3H3. The third kappa shape index (κ3) is 16.2. The Morgan fingerprint density at radius 3 is 2.19 bits per heavy atom. The van der Waals surface area contributed by atoms with Gasteiger partial charge in [-0.1, -0.05) is 93.8 Å². The molecule has 0 fully saturated rings. The molecule has 0 aromatic rings. The van der Waals surface area contributed by atoms with Crippen molar-refractivity contribution in [3.63, 3.8) is 0 Å². The van der Waals surface area contributed by atoms with Gasteiger partial charge in [-0.2, -0.15) is 0 Å². The summed E-state index contributed by atoms with van der Waals surface area (Å²) in [6.45, 7) is 6.12. The van der Waals surface area contributed by atoms with Crippen molar-refractivity contribution in [2.24, 2.45) is 5.11 Å². The summed E-state index contributed by atoms with van der Waals surface area (Å²) in [6.07, 6.45) is 13.3. The van der Waals surface area contributed by atoms with Crippen LogP contribution < -0.4 is 0 Å². The van der Waals surface area contributed by atoms with E-state index in [-0.39, 0.29) is 19.1 Å². The van der Waals surface area contributed by atoms with Crippen molar-refractivity contribution >= 4 is 45.2 Å². The number of ether oxygens (including phenoxy) is 1. The minimum Gasteiger partial charge on any atom is -0.465 e. The molecule has 0 N–H and O–H groups in total. The van der Waals surface area contributed by atoms with Crippen LogP contribution in [0.4, 0.5) is 0 Å². The summed E-state index contributed by atoms with van der Waals surface area (Å²) >= 11 is 8.42. The number of unbranched alkanes of at least 4 members (excludes halogenated alkanes) is 9. The second kappa shape index (κ2) is 17.7. The first-order valence-corrected chi connectivity index (χ1v) is 12.2. The Morgan fingerprint density at radius 2 is 1.63 bits per heavy atom. The molecule has 0 atom stereocenters. The molecule has 0 aromatic heterocycles. The van der Waals surface area contributed by atoms with Crippen LogP contribution in [0.5, 0.6) is 0 Å². The summed E-state index contributed by atoms with van der Waals surface area (Å²) in [5.74, 6) is 0.673. The summed E-state index contributed by atoms with van der Waals surface area (Å²) in [5.41, 5.74) is 8.21. The Kier molecular flexibility index (Phi) is 17.4. The molecule has 156 valence electrons. The van der Waals surface area contributed by atoms with E-state index in [1.165, 1.54) is 69.5 Å². The second-order valence-corrected chi connectivity index (χ2v) is 10.9. The zero-order chi connectivity index (χ0) is 20.4. The van der Waals surface area contributed by atoms with Crippen LogP contribution in [-0.4, -0.2) is 33.1 Å². The van der Waals surface area contributed by atoms with Gasteiger partial charge < -0.3 is 4.74 Å². The number of esters is 1. The predicted octanol–water partition coefficient (Wildman–Crippen LogP) is 7.29. The normalized spacial score (nSPS) is 11.1. The third-order valence-corrected chi connectivity index (χ3v) is 6.81. The van der Waals surface area contributed by atoms with Crippen molar-refractivity contribution < 1.29 is 9.53 Å². The minimum atomic E-state index is -0.724. The van der Waals surface area contributed by atoms with Crippen molar-refractivity contribution in [3.05, 3.63) is 10.4 Å². The van der Waals surface area contributed by atoms with Crippen molar-refractivity contribution in [2.75, 3.05) is 18.9 Å². The molecule has 5 nitrogen and oxygen atoms in total. The van der Waals surface area contributed by atoms with Crippen molar-refractivity contribution in [2.45, 2.75) is 89.7 Å². The molecule has 0 aliphatic heterocycles. The Morgan fingerprint density at radius 1 is 1.07 bits per heavy atom. The number of carbonyl (C=O) groups is 1. The van der Waals surface area contributed by atoms with E-state index in [9.17, 15) is 4.79 Å². The van der Waals surface area contributed by atoms with Crippen LogP contribution in [0.1, 0.15) is 85.0 Å². The summed E-state index contributed by atoms with van der Waals surface area (Å²) in [6, 6.07) is 0. The molecule has 0 aliphatic rings. The molecule has 0 amide bonds. The molecule has 0 aromatic carbocycles. The lowest BCUT2D eigenvalue weighted by molar-refractivity contribution is -0.145. The molecule has 0 spiro atoms. The molecule has 27 heavy (non-hydrogen) atoms. The van der Waals surface area contributed by atoms with Crippen molar-refractivity contribution in [1.82, 2.24) is 0 Å². The van der Waals surface area contributed by atoms with E-state index in [2.05, 4.69) is 16.9 Å². The Labute approximate surface area is 178 Å². The van der Waals surface area contributed by atoms with Crippen LogP contribution in [0, 0.1) is 0 Å². The number of thiocarbonyl (C=S) groups is 1.